The molecule has 2 heterocycles. The normalized spacial score (nSPS) is 25.7. The Kier molecular flexibility index (Phi) is 3.76. The molecule has 94 valence electrons. The summed E-state index contributed by atoms with van der Waals surface area (Å²) in [5, 5.41) is 0. The summed E-state index contributed by atoms with van der Waals surface area (Å²) in [5.74, 6) is 0. The van der Waals surface area contributed by atoms with E-state index in [4.69, 9.17) is 8.92 Å². The van der Waals surface area contributed by atoms with Gasteiger partial charge in [-0.2, -0.15) is 8.42 Å². The summed E-state index contributed by atoms with van der Waals surface area (Å²) in [7, 11) is -3.40. The molecule has 0 spiro atoms. The topological polar surface area (TPSA) is 65.5 Å². The van der Waals surface area contributed by atoms with Gasteiger partial charge in [0.05, 0.1) is 18.5 Å². The molecule has 0 aromatic carbocycles. The zero-order valence-corrected chi connectivity index (χ0v) is 10.4. The fourth-order valence-electron chi connectivity index (χ4n) is 1.91. The predicted octanol–water partition coefficient (Wildman–Crippen LogP) is 1.28. The largest absolute Gasteiger partial charge is 0.373 e. The molecular weight excluding hydrogens is 242 g/mol. The quantitative estimate of drug-likeness (QED) is 0.763. The molecule has 2 rings (SSSR count). The van der Waals surface area contributed by atoms with E-state index in [0.717, 1.165) is 11.8 Å². The highest BCUT2D eigenvalue weighted by molar-refractivity contribution is 7.86. The van der Waals surface area contributed by atoms with Crippen molar-refractivity contribution in [1.82, 2.24) is 4.98 Å². The molecular formula is C11H15NO4S. The molecule has 0 amide bonds. The minimum Gasteiger partial charge on any atom is -0.373 e. The Morgan fingerprint density at radius 3 is 2.76 bits per heavy atom. The molecule has 5 nitrogen and oxygen atoms in total. The van der Waals surface area contributed by atoms with E-state index in [-0.39, 0.29) is 12.2 Å². The molecule has 6 heteroatoms. The van der Waals surface area contributed by atoms with Crippen LogP contribution in [0.25, 0.3) is 0 Å². The molecule has 1 aliphatic rings. The van der Waals surface area contributed by atoms with E-state index in [2.05, 4.69) is 4.98 Å². The van der Waals surface area contributed by atoms with Gasteiger partial charge in [0.1, 0.15) is 0 Å². The second kappa shape index (κ2) is 5.12. The number of hydrogen-bond acceptors (Lipinski definition) is 5. The van der Waals surface area contributed by atoms with Gasteiger partial charge in [-0.15, -0.1) is 0 Å². The number of pyridine rings is 1. The van der Waals surface area contributed by atoms with E-state index < -0.39 is 10.1 Å². The SMILES string of the molecule is CS(=O)(=O)O[C@@H]1CCO[C@@H](c2ccncc2)C1. The van der Waals surface area contributed by atoms with Crippen molar-refractivity contribution >= 4 is 10.1 Å². The molecule has 1 aliphatic heterocycles. The van der Waals surface area contributed by atoms with Crippen LogP contribution < -0.4 is 0 Å². The van der Waals surface area contributed by atoms with Crippen LogP contribution in [0.3, 0.4) is 0 Å². The van der Waals surface area contributed by atoms with Crippen molar-refractivity contribution in [3.8, 4) is 0 Å². The van der Waals surface area contributed by atoms with E-state index in [9.17, 15) is 8.42 Å². The van der Waals surface area contributed by atoms with Gasteiger partial charge in [-0.3, -0.25) is 9.17 Å². The Morgan fingerprint density at radius 2 is 2.12 bits per heavy atom. The third-order valence-electron chi connectivity index (χ3n) is 2.62. The number of nitrogens with zero attached hydrogens (tertiary/aromatic N) is 1. The lowest BCUT2D eigenvalue weighted by Crippen LogP contribution is -2.28. The summed E-state index contributed by atoms with van der Waals surface area (Å²) >= 11 is 0. The van der Waals surface area contributed by atoms with E-state index in [1.54, 1.807) is 12.4 Å². The van der Waals surface area contributed by atoms with Crippen LogP contribution in [0.4, 0.5) is 0 Å². The Bertz CT molecular complexity index is 460. The Labute approximate surface area is 101 Å². The number of rotatable bonds is 3. The van der Waals surface area contributed by atoms with Gasteiger partial charge >= 0.3 is 0 Å². The number of ether oxygens (including phenoxy) is 1. The Morgan fingerprint density at radius 1 is 1.41 bits per heavy atom. The van der Waals surface area contributed by atoms with Gasteiger partial charge in [0.25, 0.3) is 10.1 Å². The first-order valence-corrected chi connectivity index (χ1v) is 7.26. The minimum absolute atomic E-state index is 0.113. The summed E-state index contributed by atoms with van der Waals surface area (Å²) in [5.41, 5.74) is 1.00. The lowest BCUT2D eigenvalue weighted by atomic mass is 10.0. The van der Waals surface area contributed by atoms with Crippen LogP contribution >= 0.6 is 0 Å². The summed E-state index contributed by atoms with van der Waals surface area (Å²) in [6, 6.07) is 3.74. The summed E-state index contributed by atoms with van der Waals surface area (Å²) < 4.78 is 32.8. The maximum atomic E-state index is 11.1. The predicted molar refractivity (Wildman–Crippen MR) is 61.9 cm³/mol. The minimum atomic E-state index is -3.40. The van der Waals surface area contributed by atoms with Crippen molar-refractivity contribution in [2.75, 3.05) is 12.9 Å². The van der Waals surface area contributed by atoms with E-state index in [1.165, 1.54) is 0 Å². The fraction of sp³-hybridized carbons (Fsp3) is 0.545. The van der Waals surface area contributed by atoms with Crippen LogP contribution in [0.1, 0.15) is 24.5 Å². The van der Waals surface area contributed by atoms with Crippen LogP contribution in [0.2, 0.25) is 0 Å². The van der Waals surface area contributed by atoms with Gasteiger partial charge in [0.15, 0.2) is 0 Å². The lowest BCUT2D eigenvalue weighted by molar-refractivity contribution is -0.0342. The lowest BCUT2D eigenvalue weighted by Gasteiger charge is -2.28. The van der Waals surface area contributed by atoms with Crippen LogP contribution in [0.15, 0.2) is 24.5 Å². The van der Waals surface area contributed by atoms with E-state index in [1.807, 2.05) is 12.1 Å². The molecule has 0 saturated carbocycles. The fourth-order valence-corrected chi connectivity index (χ4v) is 2.58. The van der Waals surface area contributed by atoms with Gasteiger partial charge in [-0.05, 0) is 24.1 Å². The van der Waals surface area contributed by atoms with Crippen LogP contribution in [-0.4, -0.2) is 32.4 Å². The standard InChI is InChI=1S/C11H15NO4S/c1-17(13,14)16-10-4-7-15-11(8-10)9-2-5-12-6-3-9/h2-3,5-6,10-11H,4,7-8H2,1H3/t10-,11-/m1/s1. The van der Waals surface area contributed by atoms with Gasteiger partial charge in [0.2, 0.25) is 0 Å². The van der Waals surface area contributed by atoms with Gasteiger partial charge < -0.3 is 4.74 Å². The zero-order chi connectivity index (χ0) is 12.3. The highest BCUT2D eigenvalue weighted by atomic mass is 32.2. The maximum absolute atomic E-state index is 11.1. The molecule has 1 aromatic rings. The van der Waals surface area contributed by atoms with Crippen molar-refractivity contribution < 1.29 is 17.3 Å². The summed E-state index contributed by atoms with van der Waals surface area (Å²) in [4.78, 5) is 3.94. The maximum Gasteiger partial charge on any atom is 0.264 e. The number of aromatic nitrogens is 1. The Balaban J connectivity index is 2.03. The molecule has 1 saturated heterocycles. The third-order valence-corrected chi connectivity index (χ3v) is 3.25. The molecule has 0 bridgehead atoms. The molecule has 0 radical (unpaired) electrons. The van der Waals surface area contributed by atoms with Gasteiger partial charge in [-0.25, -0.2) is 0 Å². The summed E-state index contributed by atoms with van der Waals surface area (Å²) in [6.45, 7) is 0.507. The van der Waals surface area contributed by atoms with Crippen molar-refractivity contribution in [2.45, 2.75) is 25.0 Å². The molecule has 0 N–H and O–H groups in total. The second-order valence-corrected chi connectivity index (χ2v) is 5.69. The first kappa shape index (κ1) is 12.5. The smallest absolute Gasteiger partial charge is 0.264 e. The van der Waals surface area contributed by atoms with Gasteiger partial charge in [-0.1, -0.05) is 0 Å². The summed E-state index contributed by atoms with van der Waals surface area (Å²) in [6.07, 6.45) is 5.21. The molecule has 2 atom stereocenters. The third kappa shape index (κ3) is 3.76. The highest BCUT2D eigenvalue weighted by Crippen LogP contribution is 2.29. The zero-order valence-electron chi connectivity index (χ0n) is 9.57. The monoisotopic (exact) mass is 257 g/mol. The van der Waals surface area contributed by atoms with Crippen LogP contribution in [-0.2, 0) is 19.0 Å². The molecule has 1 fully saturated rings. The van der Waals surface area contributed by atoms with Crippen molar-refractivity contribution in [3.63, 3.8) is 0 Å². The van der Waals surface area contributed by atoms with E-state index >= 15 is 0 Å². The first-order chi connectivity index (χ1) is 8.04. The molecule has 0 aliphatic carbocycles. The molecule has 17 heavy (non-hydrogen) atoms. The average molecular weight is 257 g/mol. The highest BCUT2D eigenvalue weighted by Gasteiger charge is 2.26. The second-order valence-electron chi connectivity index (χ2n) is 4.09. The average Bonchev–Trinajstić information content (AvgIpc) is 2.28. The molecule has 0 unspecified atom stereocenters. The first-order valence-electron chi connectivity index (χ1n) is 5.44. The van der Waals surface area contributed by atoms with E-state index in [0.29, 0.717) is 19.4 Å². The van der Waals surface area contributed by atoms with Crippen LogP contribution in [0.5, 0.6) is 0 Å². The van der Waals surface area contributed by atoms with Crippen molar-refractivity contribution in [2.24, 2.45) is 0 Å². The van der Waals surface area contributed by atoms with Crippen molar-refractivity contribution in [1.29, 1.82) is 0 Å². The Hall–Kier alpha value is -0.980. The van der Waals surface area contributed by atoms with Gasteiger partial charge in [0, 0.05) is 25.4 Å². The van der Waals surface area contributed by atoms with Crippen molar-refractivity contribution in [3.05, 3.63) is 30.1 Å². The van der Waals surface area contributed by atoms with Crippen LogP contribution in [0, 0.1) is 0 Å². The number of hydrogen-bond donors (Lipinski definition) is 0. The molecule has 1 aromatic heterocycles.